The predicted molar refractivity (Wildman–Crippen MR) is 111 cm³/mol. The number of thioether (sulfide) groups is 1. The summed E-state index contributed by atoms with van der Waals surface area (Å²) in [5, 5.41) is 9.63. The van der Waals surface area contributed by atoms with Crippen LogP contribution in [0, 0.1) is 0 Å². The van der Waals surface area contributed by atoms with Crippen LogP contribution < -0.4 is 4.90 Å². The lowest BCUT2D eigenvalue weighted by Gasteiger charge is -2.24. The quantitative estimate of drug-likeness (QED) is 0.564. The van der Waals surface area contributed by atoms with Gasteiger partial charge in [0.05, 0.1) is 5.25 Å². The fourth-order valence-corrected chi connectivity index (χ4v) is 3.77. The number of aromatic nitrogens is 3. The highest BCUT2D eigenvalue weighted by Crippen LogP contribution is 2.28. The maximum atomic E-state index is 12.9. The van der Waals surface area contributed by atoms with Crippen molar-refractivity contribution in [3.8, 4) is 11.4 Å². The molecule has 0 N–H and O–H groups in total. The van der Waals surface area contributed by atoms with Crippen molar-refractivity contribution in [1.82, 2.24) is 14.8 Å². The van der Waals surface area contributed by atoms with Gasteiger partial charge in [-0.1, -0.05) is 41.6 Å². The summed E-state index contributed by atoms with van der Waals surface area (Å²) < 4.78 is 1.90. The first kappa shape index (κ1) is 19.5. The highest BCUT2D eigenvalue weighted by Gasteiger charge is 2.24. The molecule has 140 valence electrons. The van der Waals surface area contributed by atoms with Gasteiger partial charge in [0.2, 0.25) is 5.91 Å². The predicted octanol–water partition coefficient (Wildman–Crippen LogP) is 4.67. The second-order valence-corrected chi connectivity index (χ2v) is 7.79. The van der Waals surface area contributed by atoms with Crippen molar-refractivity contribution in [2.45, 2.75) is 24.3 Å². The minimum atomic E-state index is -0.286. The molecule has 1 amide bonds. The van der Waals surface area contributed by atoms with Crippen molar-refractivity contribution in [3.05, 3.63) is 59.6 Å². The number of rotatable bonds is 6. The molecule has 27 heavy (non-hydrogen) atoms. The molecule has 0 aliphatic heterocycles. The molecule has 0 aliphatic rings. The fourth-order valence-electron chi connectivity index (χ4n) is 2.77. The van der Waals surface area contributed by atoms with Crippen LogP contribution in [0.3, 0.4) is 0 Å². The molecule has 7 heteroatoms. The van der Waals surface area contributed by atoms with E-state index in [0.29, 0.717) is 16.7 Å². The van der Waals surface area contributed by atoms with Crippen molar-refractivity contribution < 1.29 is 4.79 Å². The van der Waals surface area contributed by atoms with E-state index in [0.717, 1.165) is 17.1 Å². The molecular formula is C20H21ClN4OS. The lowest BCUT2D eigenvalue weighted by Crippen LogP contribution is -2.36. The summed E-state index contributed by atoms with van der Waals surface area (Å²) in [6, 6.07) is 17.2. The average Bonchev–Trinajstić information content (AvgIpc) is 3.04. The second-order valence-electron chi connectivity index (χ2n) is 6.05. The Morgan fingerprint density at radius 1 is 1.15 bits per heavy atom. The first-order valence-electron chi connectivity index (χ1n) is 8.69. The van der Waals surface area contributed by atoms with Gasteiger partial charge in [-0.2, -0.15) is 0 Å². The lowest BCUT2D eigenvalue weighted by molar-refractivity contribution is -0.117. The van der Waals surface area contributed by atoms with E-state index in [4.69, 9.17) is 11.6 Å². The van der Waals surface area contributed by atoms with Gasteiger partial charge in [0.25, 0.3) is 0 Å². The number of hydrogen-bond acceptors (Lipinski definition) is 4. The number of halogens is 1. The van der Waals surface area contributed by atoms with E-state index in [2.05, 4.69) is 10.2 Å². The number of para-hydroxylation sites is 1. The number of benzene rings is 2. The number of anilines is 1. The Kier molecular flexibility index (Phi) is 6.19. The SMILES string of the molecule is CCN(C(=O)[C@H](C)Sc1nnc(-c2ccc(Cl)cc2)n1C)c1ccccc1. The molecule has 1 heterocycles. The second kappa shape index (κ2) is 8.59. The molecule has 0 saturated carbocycles. The van der Waals surface area contributed by atoms with E-state index in [-0.39, 0.29) is 11.2 Å². The molecule has 1 atom stereocenters. The van der Waals surface area contributed by atoms with Gasteiger partial charge in [0.15, 0.2) is 11.0 Å². The Balaban J connectivity index is 1.77. The van der Waals surface area contributed by atoms with Crippen LogP contribution in [-0.4, -0.2) is 32.5 Å². The summed E-state index contributed by atoms with van der Waals surface area (Å²) >= 11 is 7.36. The van der Waals surface area contributed by atoms with Crippen molar-refractivity contribution in [2.24, 2.45) is 7.05 Å². The maximum Gasteiger partial charge on any atom is 0.240 e. The Morgan fingerprint density at radius 3 is 2.44 bits per heavy atom. The highest BCUT2D eigenvalue weighted by molar-refractivity contribution is 8.00. The van der Waals surface area contributed by atoms with E-state index in [1.54, 1.807) is 4.90 Å². The van der Waals surface area contributed by atoms with Crippen LogP contribution in [-0.2, 0) is 11.8 Å². The monoisotopic (exact) mass is 400 g/mol. The molecule has 0 radical (unpaired) electrons. The smallest absolute Gasteiger partial charge is 0.240 e. The first-order valence-corrected chi connectivity index (χ1v) is 9.95. The third-order valence-corrected chi connectivity index (χ3v) is 5.59. The standard InChI is InChI=1S/C20H21ClN4OS/c1-4-25(17-8-6-5-7-9-17)19(26)14(2)27-20-23-22-18(24(20)3)15-10-12-16(21)13-11-15/h5-14H,4H2,1-3H3/t14-/m0/s1. The first-order chi connectivity index (χ1) is 13.0. The summed E-state index contributed by atoms with van der Waals surface area (Å²) in [7, 11) is 1.90. The minimum absolute atomic E-state index is 0.0461. The Labute approximate surface area is 168 Å². The zero-order valence-corrected chi connectivity index (χ0v) is 17.0. The van der Waals surface area contributed by atoms with Gasteiger partial charge in [-0.05, 0) is 50.2 Å². The van der Waals surface area contributed by atoms with Gasteiger partial charge < -0.3 is 9.47 Å². The van der Waals surface area contributed by atoms with E-state index >= 15 is 0 Å². The van der Waals surface area contributed by atoms with E-state index in [9.17, 15) is 4.79 Å². The van der Waals surface area contributed by atoms with E-state index in [1.165, 1.54) is 11.8 Å². The van der Waals surface area contributed by atoms with Crippen LogP contribution in [0.2, 0.25) is 5.02 Å². The molecule has 3 rings (SSSR count). The zero-order chi connectivity index (χ0) is 19.4. The van der Waals surface area contributed by atoms with Crippen LogP contribution in [0.15, 0.2) is 59.8 Å². The van der Waals surface area contributed by atoms with Crippen molar-refractivity contribution in [3.63, 3.8) is 0 Å². The Morgan fingerprint density at radius 2 is 1.81 bits per heavy atom. The summed E-state index contributed by atoms with van der Waals surface area (Å²) in [5.41, 5.74) is 1.83. The third kappa shape index (κ3) is 4.34. The molecule has 2 aromatic carbocycles. The highest BCUT2D eigenvalue weighted by atomic mass is 35.5. The topological polar surface area (TPSA) is 51.0 Å². The third-order valence-electron chi connectivity index (χ3n) is 4.22. The molecule has 0 spiro atoms. The Bertz CT molecular complexity index is 911. The molecule has 0 fully saturated rings. The van der Waals surface area contributed by atoms with Gasteiger partial charge in [-0.15, -0.1) is 10.2 Å². The van der Waals surface area contributed by atoms with Gasteiger partial charge >= 0.3 is 0 Å². The number of carbonyl (C=O) groups excluding carboxylic acids is 1. The van der Waals surface area contributed by atoms with Crippen molar-refractivity contribution >= 4 is 35.0 Å². The molecule has 3 aromatic rings. The zero-order valence-electron chi connectivity index (χ0n) is 15.5. The summed E-state index contributed by atoms with van der Waals surface area (Å²) in [6.07, 6.45) is 0. The number of hydrogen-bond donors (Lipinski definition) is 0. The van der Waals surface area contributed by atoms with Crippen LogP contribution in [0.1, 0.15) is 13.8 Å². The molecule has 0 aliphatic carbocycles. The van der Waals surface area contributed by atoms with E-state index in [1.807, 2.05) is 80.1 Å². The number of nitrogens with zero attached hydrogens (tertiary/aromatic N) is 4. The molecule has 0 unspecified atom stereocenters. The van der Waals surface area contributed by atoms with E-state index < -0.39 is 0 Å². The minimum Gasteiger partial charge on any atom is -0.312 e. The van der Waals surface area contributed by atoms with Gasteiger partial charge in [-0.3, -0.25) is 4.79 Å². The Hall–Kier alpha value is -2.31. The maximum absolute atomic E-state index is 12.9. The van der Waals surface area contributed by atoms with Crippen LogP contribution in [0.4, 0.5) is 5.69 Å². The molecule has 0 bridgehead atoms. The fraction of sp³-hybridized carbons (Fsp3) is 0.250. The van der Waals surface area contributed by atoms with Crippen LogP contribution in [0.25, 0.3) is 11.4 Å². The lowest BCUT2D eigenvalue weighted by atomic mass is 10.2. The molecule has 0 saturated heterocycles. The normalized spacial score (nSPS) is 12.0. The van der Waals surface area contributed by atoms with Crippen molar-refractivity contribution in [2.75, 3.05) is 11.4 Å². The number of carbonyl (C=O) groups is 1. The summed E-state index contributed by atoms with van der Waals surface area (Å²) in [5.74, 6) is 0.786. The van der Waals surface area contributed by atoms with Gasteiger partial charge in [0.1, 0.15) is 0 Å². The molecule has 1 aromatic heterocycles. The molecule has 5 nitrogen and oxygen atoms in total. The summed E-state index contributed by atoms with van der Waals surface area (Å²) in [6.45, 7) is 4.49. The van der Waals surface area contributed by atoms with Gasteiger partial charge in [0, 0.05) is 29.9 Å². The van der Waals surface area contributed by atoms with Crippen molar-refractivity contribution in [1.29, 1.82) is 0 Å². The van der Waals surface area contributed by atoms with Crippen LogP contribution in [0.5, 0.6) is 0 Å². The summed E-state index contributed by atoms with van der Waals surface area (Å²) in [4.78, 5) is 14.7. The van der Waals surface area contributed by atoms with Gasteiger partial charge in [-0.25, -0.2) is 0 Å². The largest absolute Gasteiger partial charge is 0.312 e. The number of amides is 1. The molecular weight excluding hydrogens is 380 g/mol. The average molecular weight is 401 g/mol. The van der Waals surface area contributed by atoms with Crippen LogP contribution >= 0.6 is 23.4 Å².